The smallest absolute Gasteiger partial charge is 0.220 e. The molecule has 0 spiro atoms. The van der Waals surface area contributed by atoms with Crippen molar-refractivity contribution in [2.24, 2.45) is 0 Å². The molecule has 2 fully saturated rings. The Bertz CT molecular complexity index is 355. The van der Waals surface area contributed by atoms with Crippen molar-refractivity contribution >= 4 is 11.8 Å². The van der Waals surface area contributed by atoms with Crippen molar-refractivity contribution in [2.75, 3.05) is 26.3 Å². The molecular weight excluding hydrogens is 320 g/mol. The Labute approximate surface area is 151 Å². The third kappa shape index (κ3) is 9.21. The van der Waals surface area contributed by atoms with E-state index in [0.717, 1.165) is 71.0 Å². The van der Waals surface area contributed by atoms with Crippen LogP contribution in [0.25, 0.3) is 0 Å². The third-order valence-electron chi connectivity index (χ3n) is 4.91. The van der Waals surface area contributed by atoms with Crippen molar-refractivity contribution in [1.29, 1.82) is 0 Å². The van der Waals surface area contributed by atoms with Crippen LogP contribution < -0.4 is 10.6 Å². The summed E-state index contributed by atoms with van der Waals surface area (Å²) in [6.45, 7) is 2.96. The summed E-state index contributed by atoms with van der Waals surface area (Å²) in [5.74, 6) is 0.257. The normalized spacial score (nSPS) is 22.9. The number of hydrogen-bond acceptors (Lipinski definition) is 4. The Morgan fingerprint density at radius 1 is 0.720 bits per heavy atom. The van der Waals surface area contributed by atoms with Gasteiger partial charge in [0.15, 0.2) is 0 Å². The van der Waals surface area contributed by atoms with Crippen LogP contribution in [0.2, 0.25) is 0 Å². The molecule has 2 saturated heterocycles. The number of rotatable bonds is 12. The zero-order chi connectivity index (χ0) is 17.7. The number of carbonyl (C=O) groups is 2. The molecule has 2 heterocycles. The van der Waals surface area contributed by atoms with E-state index in [-0.39, 0.29) is 24.0 Å². The Hall–Kier alpha value is -1.14. The molecule has 2 rings (SSSR count). The van der Waals surface area contributed by atoms with Gasteiger partial charge in [-0.15, -0.1) is 0 Å². The lowest BCUT2D eigenvalue weighted by atomic mass is 10.1. The van der Waals surface area contributed by atoms with E-state index in [4.69, 9.17) is 9.47 Å². The van der Waals surface area contributed by atoms with Crippen molar-refractivity contribution in [1.82, 2.24) is 10.6 Å². The second kappa shape index (κ2) is 12.3. The fourth-order valence-corrected chi connectivity index (χ4v) is 3.34. The molecular formula is C19H34N2O4. The quantitative estimate of drug-likeness (QED) is 0.527. The molecule has 2 N–H and O–H groups in total. The molecule has 0 unspecified atom stereocenters. The highest BCUT2D eigenvalue weighted by Crippen LogP contribution is 2.12. The van der Waals surface area contributed by atoms with Gasteiger partial charge in [0, 0.05) is 39.1 Å². The average Bonchev–Trinajstić information content (AvgIpc) is 3.30. The van der Waals surface area contributed by atoms with Gasteiger partial charge in [-0.2, -0.15) is 0 Å². The van der Waals surface area contributed by atoms with E-state index in [0.29, 0.717) is 25.9 Å². The largest absolute Gasteiger partial charge is 0.376 e. The molecule has 0 radical (unpaired) electrons. The lowest BCUT2D eigenvalue weighted by Gasteiger charge is -2.11. The lowest BCUT2D eigenvalue weighted by Crippen LogP contribution is -2.31. The second-order valence-electron chi connectivity index (χ2n) is 7.15. The van der Waals surface area contributed by atoms with Gasteiger partial charge in [-0.3, -0.25) is 9.59 Å². The van der Waals surface area contributed by atoms with E-state index >= 15 is 0 Å². The molecule has 0 aliphatic carbocycles. The Morgan fingerprint density at radius 3 is 1.56 bits per heavy atom. The lowest BCUT2D eigenvalue weighted by molar-refractivity contribution is -0.122. The molecule has 2 aliphatic rings. The van der Waals surface area contributed by atoms with Gasteiger partial charge in [-0.05, 0) is 38.5 Å². The third-order valence-corrected chi connectivity index (χ3v) is 4.91. The molecule has 0 aromatic rings. The van der Waals surface area contributed by atoms with Crippen LogP contribution in [0.1, 0.15) is 70.6 Å². The zero-order valence-electron chi connectivity index (χ0n) is 15.4. The van der Waals surface area contributed by atoms with Crippen LogP contribution in [0.5, 0.6) is 0 Å². The maximum absolute atomic E-state index is 11.7. The summed E-state index contributed by atoms with van der Waals surface area (Å²) in [6, 6.07) is 0. The number of amides is 2. The summed E-state index contributed by atoms with van der Waals surface area (Å²) in [7, 11) is 0. The number of unbranched alkanes of at least 4 members (excludes halogenated alkanes) is 4. The second-order valence-corrected chi connectivity index (χ2v) is 7.15. The molecule has 6 nitrogen and oxygen atoms in total. The van der Waals surface area contributed by atoms with Gasteiger partial charge < -0.3 is 20.1 Å². The molecule has 0 bridgehead atoms. The maximum atomic E-state index is 11.7. The van der Waals surface area contributed by atoms with Crippen LogP contribution in [-0.4, -0.2) is 50.3 Å². The van der Waals surface area contributed by atoms with E-state index in [1.54, 1.807) is 0 Å². The highest BCUT2D eigenvalue weighted by molar-refractivity contribution is 5.76. The van der Waals surface area contributed by atoms with Crippen molar-refractivity contribution in [3.8, 4) is 0 Å². The van der Waals surface area contributed by atoms with Crippen LogP contribution >= 0.6 is 0 Å². The molecule has 2 aliphatic heterocycles. The monoisotopic (exact) mass is 354 g/mol. The van der Waals surface area contributed by atoms with Crippen molar-refractivity contribution in [3.05, 3.63) is 0 Å². The number of ether oxygens (including phenoxy) is 2. The van der Waals surface area contributed by atoms with Gasteiger partial charge in [0.25, 0.3) is 0 Å². The van der Waals surface area contributed by atoms with Gasteiger partial charge in [0.1, 0.15) is 0 Å². The minimum atomic E-state index is 0.129. The van der Waals surface area contributed by atoms with Crippen LogP contribution in [0, 0.1) is 0 Å². The Kier molecular flexibility index (Phi) is 9.89. The molecule has 25 heavy (non-hydrogen) atoms. The van der Waals surface area contributed by atoms with Crippen molar-refractivity contribution < 1.29 is 19.1 Å². The van der Waals surface area contributed by atoms with Gasteiger partial charge >= 0.3 is 0 Å². The molecule has 0 aromatic heterocycles. The molecule has 2 amide bonds. The van der Waals surface area contributed by atoms with Crippen LogP contribution in [0.4, 0.5) is 0 Å². The van der Waals surface area contributed by atoms with Gasteiger partial charge in [-0.1, -0.05) is 19.3 Å². The Balaban J connectivity index is 1.34. The van der Waals surface area contributed by atoms with E-state index < -0.39 is 0 Å². The molecule has 0 aromatic carbocycles. The summed E-state index contributed by atoms with van der Waals surface area (Å²) in [4.78, 5) is 23.5. The molecule has 144 valence electrons. The maximum Gasteiger partial charge on any atom is 0.220 e. The zero-order valence-corrected chi connectivity index (χ0v) is 15.4. The van der Waals surface area contributed by atoms with E-state index in [1.807, 2.05) is 0 Å². The number of hydrogen-bond donors (Lipinski definition) is 2. The number of carbonyl (C=O) groups excluding carboxylic acids is 2. The van der Waals surface area contributed by atoms with Gasteiger partial charge in [-0.25, -0.2) is 0 Å². The predicted octanol–water partition coefficient (Wildman–Crippen LogP) is 2.31. The molecule has 6 heteroatoms. The molecule has 0 saturated carbocycles. The first-order valence-corrected chi connectivity index (χ1v) is 10.0. The fraction of sp³-hybridized carbons (Fsp3) is 0.895. The standard InChI is InChI=1S/C19H34N2O4/c22-18(20-14-16-8-6-12-24-16)10-4-2-1-3-5-11-19(23)21-15-17-9-7-13-25-17/h16-17H,1-15H2,(H,20,22)(H,21,23)/t16-,17+. The highest BCUT2D eigenvalue weighted by Gasteiger charge is 2.16. The first-order chi connectivity index (χ1) is 12.2. The SMILES string of the molecule is O=C(CCCCCCCC(=O)NC[C@@H]1CCCO1)NC[C@H]1CCCO1. The van der Waals surface area contributed by atoms with Crippen LogP contribution in [-0.2, 0) is 19.1 Å². The summed E-state index contributed by atoms with van der Waals surface area (Å²) in [5.41, 5.74) is 0. The molecule has 2 atom stereocenters. The van der Waals surface area contributed by atoms with Crippen molar-refractivity contribution in [3.63, 3.8) is 0 Å². The topological polar surface area (TPSA) is 76.7 Å². The fourth-order valence-electron chi connectivity index (χ4n) is 3.34. The first-order valence-electron chi connectivity index (χ1n) is 10.0. The summed E-state index contributed by atoms with van der Waals surface area (Å²) >= 11 is 0. The summed E-state index contributed by atoms with van der Waals surface area (Å²) < 4.78 is 11.0. The van der Waals surface area contributed by atoms with Gasteiger partial charge in [0.05, 0.1) is 12.2 Å². The minimum Gasteiger partial charge on any atom is -0.376 e. The number of nitrogens with one attached hydrogen (secondary N) is 2. The van der Waals surface area contributed by atoms with E-state index in [2.05, 4.69) is 10.6 Å². The first kappa shape index (κ1) is 20.2. The Morgan fingerprint density at radius 2 is 1.16 bits per heavy atom. The highest BCUT2D eigenvalue weighted by atomic mass is 16.5. The van der Waals surface area contributed by atoms with Crippen LogP contribution in [0.3, 0.4) is 0 Å². The predicted molar refractivity (Wildman–Crippen MR) is 96.3 cm³/mol. The van der Waals surface area contributed by atoms with Gasteiger partial charge in [0.2, 0.25) is 11.8 Å². The summed E-state index contributed by atoms with van der Waals surface area (Å²) in [5, 5.41) is 5.90. The minimum absolute atomic E-state index is 0.129. The van der Waals surface area contributed by atoms with Crippen LogP contribution in [0.15, 0.2) is 0 Å². The van der Waals surface area contributed by atoms with E-state index in [1.165, 1.54) is 0 Å². The van der Waals surface area contributed by atoms with Crippen molar-refractivity contribution in [2.45, 2.75) is 82.8 Å². The summed E-state index contributed by atoms with van der Waals surface area (Å²) in [6.07, 6.45) is 11.0. The average molecular weight is 354 g/mol. The van der Waals surface area contributed by atoms with E-state index in [9.17, 15) is 9.59 Å².